The molecule has 5 rings (SSSR count). The second-order valence-corrected chi connectivity index (χ2v) is 11.5. The standard InChI is InChI=1S/C39H40N4S.C2H6/c1-3-4-22-39(2,37-17-11-12-23-42-37)27-38(44)43(41)28-36(40)32-20-18-31(19-21-32)35-25-33(29-13-7-5-8-14-29)24-34(26-35)30-15-9-6-10-16-30;1-2/h4-22,24-28,42,44H,3,23,40-41H2,1-2H3;1-2H3/b22-4?,36-28-,38-27-;. The number of thiol groups is 1. The molecule has 0 aromatic heterocycles. The molecule has 1 atom stereocenters. The van der Waals surface area contributed by atoms with Crippen molar-refractivity contribution in [1.29, 1.82) is 0 Å². The van der Waals surface area contributed by atoms with Gasteiger partial charge in [-0.05, 0) is 82.6 Å². The Morgan fingerprint density at radius 3 is 1.83 bits per heavy atom. The van der Waals surface area contributed by atoms with Crippen molar-refractivity contribution < 1.29 is 0 Å². The zero-order valence-corrected chi connectivity index (χ0v) is 28.2. The highest BCUT2D eigenvalue weighted by molar-refractivity contribution is 7.84. The van der Waals surface area contributed by atoms with Crippen molar-refractivity contribution in [1.82, 2.24) is 10.3 Å². The predicted molar refractivity (Wildman–Crippen MR) is 202 cm³/mol. The summed E-state index contributed by atoms with van der Waals surface area (Å²) in [6, 6.07) is 36.0. The van der Waals surface area contributed by atoms with Crippen LogP contribution in [0, 0.1) is 5.41 Å². The number of hydrazine groups is 1. The van der Waals surface area contributed by atoms with Crippen LogP contribution in [0.25, 0.3) is 39.1 Å². The molecular weight excluding hydrogens is 581 g/mol. The van der Waals surface area contributed by atoms with Crippen LogP contribution >= 0.6 is 12.6 Å². The van der Waals surface area contributed by atoms with Crippen molar-refractivity contribution in [2.45, 2.75) is 34.1 Å². The Balaban J connectivity index is 0.00000235. The summed E-state index contributed by atoms with van der Waals surface area (Å²) in [5.74, 6) is 6.44. The topological polar surface area (TPSA) is 67.3 Å². The summed E-state index contributed by atoms with van der Waals surface area (Å²) in [5, 5.41) is 5.53. The van der Waals surface area contributed by atoms with Gasteiger partial charge in [0.1, 0.15) is 0 Å². The SMILES string of the molecule is CC.CCC=CC(C)(/C=C(\S)N(N)/C=C(\N)c1ccc(-c2cc(-c3ccccc3)cc(-c3ccccc3)c2)cc1)C1=CC=CCN1. The minimum absolute atomic E-state index is 0.396. The molecule has 46 heavy (non-hydrogen) atoms. The third kappa shape index (κ3) is 8.72. The molecule has 5 heteroatoms. The predicted octanol–water partition coefficient (Wildman–Crippen LogP) is 9.93. The lowest BCUT2D eigenvalue weighted by Gasteiger charge is -2.30. The van der Waals surface area contributed by atoms with E-state index in [1.54, 1.807) is 6.20 Å². The summed E-state index contributed by atoms with van der Waals surface area (Å²) in [6.07, 6.45) is 15.3. The van der Waals surface area contributed by atoms with Crippen LogP contribution in [0.3, 0.4) is 0 Å². The first-order chi connectivity index (χ1) is 22.4. The quantitative estimate of drug-likeness (QED) is 0.0612. The van der Waals surface area contributed by atoms with Crippen LogP contribution in [0.15, 0.2) is 157 Å². The van der Waals surface area contributed by atoms with Gasteiger partial charge in [0.15, 0.2) is 0 Å². The summed E-state index contributed by atoms with van der Waals surface area (Å²) in [4.78, 5) is 0. The van der Waals surface area contributed by atoms with E-state index in [1.807, 2.05) is 44.2 Å². The molecule has 1 heterocycles. The lowest BCUT2D eigenvalue weighted by Crippen LogP contribution is -2.30. The van der Waals surface area contributed by atoms with Gasteiger partial charge in [-0.2, -0.15) is 0 Å². The van der Waals surface area contributed by atoms with E-state index in [0.29, 0.717) is 10.7 Å². The zero-order chi connectivity index (χ0) is 32.9. The molecule has 0 fully saturated rings. The number of dihydropyridines is 1. The Hall–Kier alpha value is -4.71. The highest BCUT2D eigenvalue weighted by atomic mass is 32.1. The van der Waals surface area contributed by atoms with Gasteiger partial charge in [-0.1, -0.05) is 130 Å². The van der Waals surface area contributed by atoms with E-state index in [0.717, 1.165) is 35.4 Å². The Kier molecular flexibility index (Phi) is 12.3. The number of nitrogens with two attached hydrogens (primary N) is 2. The van der Waals surface area contributed by atoms with E-state index in [9.17, 15) is 0 Å². The summed E-state index contributed by atoms with van der Waals surface area (Å²) >= 11 is 4.75. The van der Waals surface area contributed by atoms with Gasteiger partial charge in [0.05, 0.1) is 10.7 Å². The molecule has 1 unspecified atom stereocenters. The molecule has 1 aliphatic rings. The third-order valence-corrected chi connectivity index (χ3v) is 8.12. The fourth-order valence-electron chi connectivity index (χ4n) is 5.29. The van der Waals surface area contributed by atoms with Crippen LogP contribution in [-0.2, 0) is 0 Å². The minimum Gasteiger partial charge on any atom is -0.397 e. The first kappa shape index (κ1) is 34.2. The fraction of sp³-hybridized carbons (Fsp3) is 0.171. The fourth-order valence-corrected chi connectivity index (χ4v) is 5.61. The molecule has 1 aliphatic heterocycles. The molecule has 0 radical (unpaired) electrons. The average Bonchev–Trinajstić information content (AvgIpc) is 3.12. The highest BCUT2D eigenvalue weighted by Gasteiger charge is 2.25. The van der Waals surface area contributed by atoms with Crippen molar-refractivity contribution in [3.05, 3.63) is 162 Å². The van der Waals surface area contributed by atoms with E-state index in [4.69, 9.17) is 24.2 Å². The molecule has 4 aromatic carbocycles. The number of benzene rings is 4. The molecule has 0 saturated heterocycles. The van der Waals surface area contributed by atoms with Crippen molar-refractivity contribution in [3.63, 3.8) is 0 Å². The number of rotatable bonds is 10. The Labute approximate surface area is 280 Å². The summed E-state index contributed by atoms with van der Waals surface area (Å²) in [5.41, 5.74) is 15.6. The molecule has 5 N–H and O–H groups in total. The van der Waals surface area contributed by atoms with Crippen LogP contribution < -0.4 is 16.9 Å². The lowest BCUT2D eigenvalue weighted by molar-refractivity contribution is 0.507. The van der Waals surface area contributed by atoms with Crippen LogP contribution in [-0.4, -0.2) is 11.6 Å². The van der Waals surface area contributed by atoms with Gasteiger partial charge in [0, 0.05) is 23.9 Å². The monoisotopic (exact) mass is 626 g/mol. The molecule has 4 aromatic rings. The van der Waals surface area contributed by atoms with Crippen molar-refractivity contribution in [2.75, 3.05) is 6.54 Å². The molecule has 0 saturated carbocycles. The van der Waals surface area contributed by atoms with Crippen LogP contribution in [0.4, 0.5) is 0 Å². The van der Waals surface area contributed by atoms with E-state index in [2.05, 4.69) is 128 Å². The Morgan fingerprint density at radius 1 is 0.826 bits per heavy atom. The number of nitrogens with zero attached hydrogens (tertiary/aromatic N) is 1. The zero-order valence-electron chi connectivity index (χ0n) is 27.3. The first-order valence-corrected chi connectivity index (χ1v) is 16.4. The smallest absolute Gasteiger partial charge is 0.0841 e. The maximum absolute atomic E-state index is 6.54. The molecule has 0 aliphatic carbocycles. The third-order valence-electron chi connectivity index (χ3n) is 7.76. The Morgan fingerprint density at radius 2 is 1.35 bits per heavy atom. The van der Waals surface area contributed by atoms with Crippen LogP contribution in [0.5, 0.6) is 0 Å². The second kappa shape index (κ2) is 16.6. The molecule has 0 spiro atoms. The van der Waals surface area contributed by atoms with Gasteiger partial charge in [-0.3, -0.25) is 5.01 Å². The van der Waals surface area contributed by atoms with Gasteiger partial charge < -0.3 is 11.1 Å². The number of allylic oxidation sites excluding steroid dienone is 4. The summed E-state index contributed by atoms with van der Waals surface area (Å²) < 4.78 is 0. The van der Waals surface area contributed by atoms with E-state index in [-0.39, 0.29) is 0 Å². The van der Waals surface area contributed by atoms with Gasteiger partial charge in [0.25, 0.3) is 0 Å². The van der Waals surface area contributed by atoms with Crippen molar-refractivity contribution >= 4 is 18.3 Å². The van der Waals surface area contributed by atoms with Crippen LogP contribution in [0.1, 0.15) is 39.7 Å². The van der Waals surface area contributed by atoms with Gasteiger partial charge >= 0.3 is 0 Å². The molecule has 0 bridgehead atoms. The van der Waals surface area contributed by atoms with Gasteiger partial charge in [0.2, 0.25) is 0 Å². The van der Waals surface area contributed by atoms with E-state index >= 15 is 0 Å². The molecule has 236 valence electrons. The lowest BCUT2D eigenvalue weighted by atomic mass is 9.84. The number of hydrogen-bond acceptors (Lipinski definition) is 5. The maximum Gasteiger partial charge on any atom is 0.0841 e. The number of hydrogen-bond donors (Lipinski definition) is 4. The van der Waals surface area contributed by atoms with Crippen molar-refractivity contribution in [2.24, 2.45) is 17.0 Å². The summed E-state index contributed by atoms with van der Waals surface area (Å²) in [7, 11) is 0. The van der Waals surface area contributed by atoms with E-state index < -0.39 is 5.41 Å². The average molecular weight is 627 g/mol. The largest absolute Gasteiger partial charge is 0.397 e. The van der Waals surface area contributed by atoms with E-state index in [1.165, 1.54) is 27.3 Å². The van der Waals surface area contributed by atoms with Gasteiger partial charge in [-0.25, -0.2) is 5.84 Å². The maximum atomic E-state index is 6.54. The van der Waals surface area contributed by atoms with Crippen LogP contribution in [0.2, 0.25) is 0 Å². The molecule has 4 nitrogen and oxygen atoms in total. The number of nitrogens with one attached hydrogen (secondary N) is 1. The second-order valence-electron chi connectivity index (χ2n) is 11.1. The molecular formula is C41H46N4S. The van der Waals surface area contributed by atoms with Gasteiger partial charge in [-0.15, -0.1) is 12.6 Å². The Bertz CT molecular complexity index is 1660. The summed E-state index contributed by atoms with van der Waals surface area (Å²) in [6.45, 7) is 9.05. The molecule has 0 amide bonds. The first-order valence-electron chi connectivity index (χ1n) is 15.9. The van der Waals surface area contributed by atoms with Crippen molar-refractivity contribution in [3.8, 4) is 33.4 Å². The highest BCUT2D eigenvalue weighted by Crippen LogP contribution is 2.34. The normalized spacial score (nSPS) is 14.5. The minimum atomic E-state index is -0.396.